The van der Waals surface area contributed by atoms with E-state index in [1.165, 1.54) is 0 Å². The molecule has 0 heterocycles. The molecule has 0 nitrogen and oxygen atoms in total. The summed E-state index contributed by atoms with van der Waals surface area (Å²) in [5.74, 6) is 0. The van der Waals surface area contributed by atoms with Gasteiger partial charge in [-0.05, 0) is 25.0 Å². The van der Waals surface area contributed by atoms with Crippen molar-refractivity contribution in [2.24, 2.45) is 0 Å². The summed E-state index contributed by atoms with van der Waals surface area (Å²) in [5, 5.41) is 0. The number of hydrogen-bond acceptors (Lipinski definition) is 0. The van der Waals surface area contributed by atoms with E-state index in [9.17, 15) is 0 Å². The van der Waals surface area contributed by atoms with Crippen LogP contribution in [0.1, 0.15) is 0 Å². The molecule has 0 aromatic carbocycles. The minimum Gasteiger partial charge on any atom is -0.146 e. The van der Waals surface area contributed by atoms with Gasteiger partial charge in [-0.1, -0.05) is 0 Å². The van der Waals surface area contributed by atoms with Crippen molar-refractivity contribution in [3.8, 4) is 0 Å². The van der Waals surface area contributed by atoms with Crippen molar-refractivity contribution in [1.29, 1.82) is 0 Å². The molecular weight excluding hydrogens is 111 g/mol. The van der Waals surface area contributed by atoms with Crippen LogP contribution < -0.4 is 0 Å². The maximum absolute atomic E-state index is 2.88. The Morgan fingerprint density at radius 2 is 1.00 bits per heavy atom. The predicted molar refractivity (Wildman–Crippen MR) is 40.8 cm³/mol. The Morgan fingerprint density at radius 1 is 1.00 bits per heavy atom. The quantitative estimate of drug-likeness (QED) is 0.423. The highest BCUT2D eigenvalue weighted by molar-refractivity contribution is 8.41. The van der Waals surface area contributed by atoms with Gasteiger partial charge in [-0.2, -0.15) is 0 Å². The molecule has 0 aromatic rings. The zero-order valence-corrected chi connectivity index (χ0v) is 6.96. The van der Waals surface area contributed by atoms with Crippen molar-refractivity contribution in [3.05, 3.63) is 0 Å². The summed E-state index contributed by atoms with van der Waals surface area (Å²) in [6, 6.07) is 0. The second kappa shape index (κ2) is 1.08. The lowest BCUT2D eigenvalue weighted by Gasteiger charge is -2.19. The molecule has 0 spiro atoms. The summed E-state index contributed by atoms with van der Waals surface area (Å²) in [7, 11) is 1.95. The van der Waals surface area contributed by atoms with Crippen LogP contribution in [0.15, 0.2) is 0 Å². The van der Waals surface area contributed by atoms with Crippen LogP contribution >= 0.6 is 8.02 Å². The highest BCUT2D eigenvalue weighted by atomic mass is 32.6. The first kappa shape index (κ1) is 6.65. The van der Waals surface area contributed by atoms with Crippen molar-refractivity contribution >= 4 is 16.4 Å². The summed E-state index contributed by atoms with van der Waals surface area (Å²) in [6.45, 7) is 0. The molecule has 0 saturated heterocycles. The van der Waals surface area contributed by atoms with E-state index in [-0.39, 0.29) is 0 Å². The van der Waals surface area contributed by atoms with Crippen LogP contribution in [0.5, 0.6) is 0 Å². The Hall–Kier alpha value is 0.650. The largest absolute Gasteiger partial charge is 0.146 e. The Kier molecular flexibility index (Phi) is 1.19. The van der Waals surface area contributed by atoms with Crippen LogP contribution in [-0.4, -0.2) is 25.0 Å². The third kappa shape index (κ3) is 147. The average molecular weight is 125 g/mol. The molecule has 0 saturated carbocycles. The second-order valence-electron chi connectivity index (χ2n) is 3.39. The van der Waals surface area contributed by atoms with Crippen LogP contribution in [0.25, 0.3) is 0 Å². The number of hydrogen-bond donors (Lipinski definition) is 0. The number of rotatable bonds is 0. The Balaban J connectivity index is 4.16. The van der Waals surface area contributed by atoms with Gasteiger partial charge in [0.1, 0.15) is 0 Å². The summed E-state index contributed by atoms with van der Waals surface area (Å²) >= 11 is 0. The maximum Gasteiger partial charge on any atom is 0.0693 e. The molecule has 0 bridgehead atoms. The molecule has 0 amide bonds. The topological polar surface area (TPSA) is 0 Å². The van der Waals surface area contributed by atoms with E-state index >= 15 is 0 Å². The Bertz CT molecular complexity index is 85.2. The van der Waals surface area contributed by atoms with Gasteiger partial charge in [0, 0.05) is 0 Å². The minimum absolute atomic E-state index is 0.933. The van der Waals surface area contributed by atoms with Gasteiger partial charge < -0.3 is 0 Å². The highest BCUT2D eigenvalue weighted by Crippen LogP contribution is 2.12. The molecule has 0 aliphatic carbocycles. The lowest BCUT2D eigenvalue weighted by atomic mass is 11.8. The molecule has 0 aliphatic rings. The van der Waals surface area contributed by atoms with Crippen molar-refractivity contribution in [2.75, 3.05) is 25.0 Å². The van der Waals surface area contributed by atoms with Crippen molar-refractivity contribution in [2.45, 2.75) is 0 Å². The van der Waals surface area contributed by atoms with E-state index < -0.39 is 8.34 Å². The summed E-state index contributed by atoms with van der Waals surface area (Å²) in [6.07, 6.45) is 9.12. The third-order valence-electron chi connectivity index (χ3n) is 0. The second-order valence-corrected chi connectivity index (χ2v) is 15.8. The first-order chi connectivity index (χ1) is 2.24. The molecular formula is C4H14PS+. The highest BCUT2D eigenvalue weighted by Gasteiger charge is 2.05. The SMILES string of the molecule is CS(C)(C)(C)=[PH2+]. The van der Waals surface area contributed by atoms with Gasteiger partial charge in [0.2, 0.25) is 0 Å². The van der Waals surface area contributed by atoms with Crippen molar-refractivity contribution in [3.63, 3.8) is 0 Å². The monoisotopic (exact) mass is 125 g/mol. The van der Waals surface area contributed by atoms with E-state index in [0.717, 1.165) is 0 Å². The predicted octanol–water partition coefficient (Wildman–Crippen LogP) is 0.985. The first-order valence-electron chi connectivity index (χ1n) is 1.87. The summed E-state index contributed by atoms with van der Waals surface area (Å²) in [4.78, 5) is 0. The van der Waals surface area contributed by atoms with Crippen molar-refractivity contribution < 1.29 is 0 Å². The normalized spacial score (nSPS) is 19.0. The fourth-order valence-corrected chi connectivity index (χ4v) is 0. The standard InChI is InChI=1S/C4H13PS/c1-6(2,3,4)5/h5H,1-4H3/p+1. The molecule has 0 radical (unpaired) electrons. The van der Waals surface area contributed by atoms with E-state index in [1.54, 1.807) is 0 Å². The van der Waals surface area contributed by atoms with Gasteiger partial charge in [0.15, 0.2) is 0 Å². The lowest BCUT2D eigenvalue weighted by Crippen LogP contribution is -2.18. The summed E-state index contributed by atoms with van der Waals surface area (Å²) in [5.41, 5.74) is 0. The lowest BCUT2D eigenvalue weighted by molar-refractivity contribution is 2.00. The molecule has 0 N–H and O–H groups in total. The van der Waals surface area contributed by atoms with Gasteiger partial charge in [-0.25, -0.2) is 0 Å². The van der Waals surface area contributed by atoms with Crippen LogP contribution in [0.3, 0.4) is 0 Å². The van der Waals surface area contributed by atoms with Gasteiger partial charge >= 0.3 is 0 Å². The van der Waals surface area contributed by atoms with Crippen LogP contribution in [0.2, 0.25) is 0 Å². The summed E-state index contributed by atoms with van der Waals surface area (Å²) < 4.78 is 0. The molecule has 1 unspecified atom stereocenters. The first-order valence-corrected chi connectivity index (χ1v) is 7.02. The molecule has 0 aromatic heterocycles. The fraction of sp³-hybridized carbons (Fsp3) is 1.00. The minimum atomic E-state index is -0.933. The van der Waals surface area contributed by atoms with Gasteiger partial charge in [-0.15, -0.1) is 8.34 Å². The molecule has 0 fully saturated rings. The zero-order valence-electron chi connectivity index (χ0n) is 4.99. The molecule has 6 heavy (non-hydrogen) atoms. The molecule has 0 aliphatic heterocycles. The van der Waals surface area contributed by atoms with E-state index in [4.69, 9.17) is 0 Å². The van der Waals surface area contributed by atoms with Gasteiger partial charge in [0.05, 0.1) is 8.02 Å². The van der Waals surface area contributed by atoms with E-state index in [0.29, 0.717) is 0 Å². The molecule has 40 valence electrons. The third-order valence-corrected chi connectivity index (χ3v) is 0. The van der Waals surface area contributed by atoms with Crippen LogP contribution in [0, 0.1) is 0 Å². The Morgan fingerprint density at radius 3 is 1.00 bits per heavy atom. The van der Waals surface area contributed by atoms with Crippen LogP contribution in [-0.2, 0) is 8.34 Å². The van der Waals surface area contributed by atoms with Crippen LogP contribution in [0.4, 0.5) is 0 Å². The maximum atomic E-state index is 2.88. The van der Waals surface area contributed by atoms with Crippen molar-refractivity contribution in [1.82, 2.24) is 0 Å². The molecule has 0 rings (SSSR count). The zero-order chi connectivity index (χ0) is 5.45. The molecule has 1 atom stereocenters. The smallest absolute Gasteiger partial charge is 0.0693 e. The van der Waals surface area contributed by atoms with Gasteiger partial charge in [0.25, 0.3) is 0 Å². The Labute approximate surface area is 42.1 Å². The average Bonchev–Trinajstić information content (AvgIpc) is 0.650. The van der Waals surface area contributed by atoms with E-state index in [2.05, 4.69) is 33.0 Å². The van der Waals surface area contributed by atoms with E-state index in [1.807, 2.05) is 0 Å². The fourth-order valence-electron chi connectivity index (χ4n) is 0. The van der Waals surface area contributed by atoms with Gasteiger partial charge in [-0.3, -0.25) is 0 Å². The molecule has 2 heteroatoms.